The predicted octanol–water partition coefficient (Wildman–Crippen LogP) is 3.06. The van der Waals surface area contributed by atoms with Crippen molar-refractivity contribution in [3.8, 4) is 0 Å². The average molecular weight is 315 g/mol. The molecule has 1 saturated heterocycles. The Bertz CT molecular complexity index is 665. The van der Waals surface area contributed by atoms with Crippen LogP contribution in [-0.2, 0) is 6.54 Å². The van der Waals surface area contributed by atoms with Crippen molar-refractivity contribution in [2.75, 3.05) is 31.1 Å². The summed E-state index contributed by atoms with van der Waals surface area (Å²) in [6, 6.07) is 13.3. The lowest BCUT2D eigenvalue weighted by atomic mass is 10.1. The fraction of sp³-hybridized carbons (Fsp3) is 0.294. The van der Waals surface area contributed by atoms with E-state index in [4.69, 9.17) is 0 Å². The van der Waals surface area contributed by atoms with Gasteiger partial charge in [-0.05, 0) is 29.8 Å². The minimum atomic E-state index is -0.384. The molecule has 3 rings (SSSR count). The first-order valence-corrected chi connectivity index (χ1v) is 7.58. The molecule has 1 heterocycles. The minimum absolute atomic E-state index is 0.120. The molecule has 0 bridgehead atoms. The van der Waals surface area contributed by atoms with Gasteiger partial charge < -0.3 is 4.90 Å². The maximum Gasteiger partial charge on any atom is 0.269 e. The van der Waals surface area contributed by atoms with Crippen molar-refractivity contribution in [2.24, 2.45) is 0 Å². The molecule has 1 aliphatic rings. The molecule has 5 nitrogen and oxygen atoms in total. The highest BCUT2D eigenvalue weighted by Crippen LogP contribution is 2.18. The normalized spacial score (nSPS) is 15.6. The van der Waals surface area contributed by atoms with Crippen LogP contribution in [0.3, 0.4) is 0 Å². The summed E-state index contributed by atoms with van der Waals surface area (Å²) >= 11 is 0. The largest absolute Gasteiger partial charge is 0.369 e. The number of rotatable bonds is 4. The highest BCUT2D eigenvalue weighted by Gasteiger charge is 2.17. The minimum Gasteiger partial charge on any atom is -0.369 e. The number of anilines is 1. The van der Waals surface area contributed by atoms with Gasteiger partial charge in [0.2, 0.25) is 0 Å². The van der Waals surface area contributed by atoms with Crippen LogP contribution in [0.15, 0.2) is 48.5 Å². The number of nitro groups is 1. The molecule has 0 saturated carbocycles. The van der Waals surface area contributed by atoms with E-state index in [1.165, 1.54) is 12.1 Å². The molecule has 120 valence electrons. The van der Waals surface area contributed by atoms with Gasteiger partial charge in [0, 0.05) is 50.5 Å². The topological polar surface area (TPSA) is 49.6 Å². The van der Waals surface area contributed by atoms with Gasteiger partial charge in [-0.25, -0.2) is 4.39 Å². The fourth-order valence-electron chi connectivity index (χ4n) is 2.80. The van der Waals surface area contributed by atoms with Gasteiger partial charge in [-0.15, -0.1) is 0 Å². The SMILES string of the molecule is O=[N+]([O-])c1ccc(CN2CCN(c3ccc(F)cc3)CC2)cc1. The number of nitro benzene ring substituents is 1. The summed E-state index contributed by atoms with van der Waals surface area (Å²) in [5.41, 5.74) is 2.24. The van der Waals surface area contributed by atoms with Crippen molar-refractivity contribution in [3.05, 3.63) is 70.0 Å². The van der Waals surface area contributed by atoms with Gasteiger partial charge in [0.1, 0.15) is 5.82 Å². The number of halogens is 1. The van der Waals surface area contributed by atoms with Crippen LogP contribution in [0.1, 0.15) is 5.56 Å². The van der Waals surface area contributed by atoms with E-state index in [1.54, 1.807) is 24.3 Å². The summed E-state index contributed by atoms with van der Waals surface area (Å²) < 4.78 is 13.0. The lowest BCUT2D eigenvalue weighted by molar-refractivity contribution is -0.384. The van der Waals surface area contributed by atoms with Crippen LogP contribution in [-0.4, -0.2) is 36.0 Å². The molecule has 0 aromatic heterocycles. The van der Waals surface area contributed by atoms with Crippen LogP contribution in [0.2, 0.25) is 0 Å². The van der Waals surface area contributed by atoms with Gasteiger partial charge in [0.25, 0.3) is 5.69 Å². The number of non-ortho nitro benzene ring substituents is 1. The summed E-state index contributed by atoms with van der Waals surface area (Å²) in [7, 11) is 0. The van der Waals surface area contributed by atoms with Crippen LogP contribution in [0.25, 0.3) is 0 Å². The lowest BCUT2D eigenvalue weighted by Gasteiger charge is -2.36. The van der Waals surface area contributed by atoms with E-state index in [0.717, 1.165) is 44.0 Å². The van der Waals surface area contributed by atoms with Crippen molar-refractivity contribution < 1.29 is 9.31 Å². The first kappa shape index (κ1) is 15.4. The third kappa shape index (κ3) is 3.84. The van der Waals surface area contributed by atoms with Crippen molar-refractivity contribution >= 4 is 11.4 Å². The van der Waals surface area contributed by atoms with Gasteiger partial charge in [0.15, 0.2) is 0 Å². The lowest BCUT2D eigenvalue weighted by Crippen LogP contribution is -2.45. The maximum absolute atomic E-state index is 13.0. The van der Waals surface area contributed by atoms with E-state index in [2.05, 4.69) is 9.80 Å². The van der Waals surface area contributed by atoms with E-state index >= 15 is 0 Å². The average Bonchev–Trinajstić information content (AvgIpc) is 2.57. The zero-order valence-electron chi connectivity index (χ0n) is 12.7. The third-order valence-corrected chi connectivity index (χ3v) is 4.12. The Hall–Kier alpha value is -2.47. The van der Waals surface area contributed by atoms with Gasteiger partial charge in [0.05, 0.1) is 4.92 Å². The Morgan fingerprint density at radius 1 is 0.957 bits per heavy atom. The molecular formula is C17H18FN3O2. The molecular weight excluding hydrogens is 297 g/mol. The second-order valence-electron chi connectivity index (χ2n) is 5.66. The summed E-state index contributed by atoms with van der Waals surface area (Å²) in [6.45, 7) is 4.38. The van der Waals surface area contributed by atoms with E-state index < -0.39 is 0 Å². The molecule has 0 spiro atoms. The number of benzene rings is 2. The summed E-state index contributed by atoms with van der Waals surface area (Å²) in [4.78, 5) is 14.8. The molecule has 0 unspecified atom stereocenters. The molecule has 0 N–H and O–H groups in total. The Balaban J connectivity index is 1.54. The molecule has 0 atom stereocenters. The van der Waals surface area contributed by atoms with Crippen molar-refractivity contribution in [3.63, 3.8) is 0 Å². The summed E-state index contributed by atoms with van der Waals surface area (Å²) in [5.74, 6) is -0.217. The Labute approximate surface area is 134 Å². The highest BCUT2D eigenvalue weighted by atomic mass is 19.1. The van der Waals surface area contributed by atoms with Gasteiger partial charge >= 0.3 is 0 Å². The second kappa shape index (κ2) is 6.75. The smallest absolute Gasteiger partial charge is 0.269 e. The van der Waals surface area contributed by atoms with Gasteiger partial charge in [-0.2, -0.15) is 0 Å². The zero-order valence-corrected chi connectivity index (χ0v) is 12.7. The Morgan fingerprint density at radius 2 is 1.57 bits per heavy atom. The van der Waals surface area contributed by atoms with Crippen LogP contribution in [0, 0.1) is 15.9 Å². The molecule has 23 heavy (non-hydrogen) atoms. The zero-order chi connectivity index (χ0) is 16.2. The number of nitrogens with zero attached hydrogens (tertiary/aromatic N) is 3. The number of piperazine rings is 1. The monoisotopic (exact) mass is 315 g/mol. The molecule has 1 fully saturated rings. The van der Waals surface area contributed by atoms with E-state index in [1.807, 2.05) is 12.1 Å². The molecule has 0 aliphatic carbocycles. The van der Waals surface area contributed by atoms with Crippen molar-refractivity contribution in [1.82, 2.24) is 4.90 Å². The standard InChI is InChI=1S/C17H18FN3O2/c18-15-3-7-16(8-4-15)20-11-9-19(10-12-20)13-14-1-5-17(6-2-14)21(22)23/h1-8H,9-13H2. The fourth-order valence-corrected chi connectivity index (χ4v) is 2.80. The van der Waals surface area contributed by atoms with E-state index in [-0.39, 0.29) is 16.4 Å². The predicted molar refractivity (Wildman–Crippen MR) is 87.0 cm³/mol. The second-order valence-corrected chi connectivity index (χ2v) is 5.66. The third-order valence-electron chi connectivity index (χ3n) is 4.12. The van der Waals surface area contributed by atoms with E-state index in [9.17, 15) is 14.5 Å². The number of hydrogen-bond donors (Lipinski definition) is 0. The van der Waals surface area contributed by atoms with Crippen LogP contribution >= 0.6 is 0 Å². The summed E-state index contributed by atoms with van der Waals surface area (Å²) in [5, 5.41) is 10.7. The number of hydrogen-bond acceptors (Lipinski definition) is 4. The van der Waals surface area contributed by atoms with Crippen molar-refractivity contribution in [1.29, 1.82) is 0 Å². The Kier molecular flexibility index (Phi) is 4.52. The molecule has 6 heteroatoms. The van der Waals surface area contributed by atoms with Crippen molar-refractivity contribution in [2.45, 2.75) is 6.54 Å². The first-order valence-electron chi connectivity index (χ1n) is 7.58. The van der Waals surface area contributed by atoms with Crippen LogP contribution in [0.5, 0.6) is 0 Å². The van der Waals surface area contributed by atoms with Gasteiger partial charge in [-0.1, -0.05) is 12.1 Å². The molecule has 0 amide bonds. The Morgan fingerprint density at radius 3 is 2.13 bits per heavy atom. The van der Waals surface area contributed by atoms with Gasteiger partial charge in [-0.3, -0.25) is 15.0 Å². The molecule has 0 radical (unpaired) electrons. The maximum atomic E-state index is 13.0. The first-order chi connectivity index (χ1) is 11.1. The molecule has 1 aliphatic heterocycles. The highest BCUT2D eigenvalue weighted by molar-refractivity contribution is 5.46. The van der Waals surface area contributed by atoms with Crippen LogP contribution < -0.4 is 4.90 Å². The summed E-state index contributed by atoms with van der Waals surface area (Å²) in [6.07, 6.45) is 0. The molecule has 2 aromatic carbocycles. The molecule has 2 aromatic rings. The van der Waals surface area contributed by atoms with Crippen LogP contribution in [0.4, 0.5) is 15.8 Å². The quantitative estimate of drug-likeness (QED) is 0.643. The van der Waals surface area contributed by atoms with E-state index in [0.29, 0.717) is 0 Å².